The molecule has 40 heavy (non-hydrogen) atoms. The number of carbonyl (C=O) groups excluding carboxylic acids is 1. The van der Waals surface area contributed by atoms with Gasteiger partial charge in [-0.05, 0) is 83.2 Å². The van der Waals surface area contributed by atoms with Gasteiger partial charge in [0.15, 0.2) is 0 Å². The molecular formula is C34H43NO4S. The van der Waals surface area contributed by atoms with Crippen LogP contribution in [0.25, 0.3) is 11.1 Å². The van der Waals surface area contributed by atoms with Crippen LogP contribution in [0.2, 0.25) is 0 Å². The normalized spacial score (nSPS) is 12.8. The molecule has 5 nitrogen and oxygen atoms in total. The van der Waals surface area contributed by atoms with Gasteiger partial charge < -0.3 is 15.2 Å². The molecule has 3 aromatic rings. The third kappa shape index (κ3) is 8.70. The lowest BCUT2D eigenvalue weighted by molar-refractivity contribution is -0.139. The number of thioether (sulfide) groups is 1. The van der Waals surface area contributed by atoms with E-state index in [0.29, 0.717) is 30.3 Å². The Morgan fingerprint density at radius 3 is 2.38 bits per heavy atom. The van der Waals surface area contributed by atoms with E-state index < -0.39 is 12.0 Å². The number of rotatable bonds is 15. The van der Waals surface area contributed by atoms with Crippen LogP contribution in [0.4, 0.5) is 0 Å². The van der Waals surface area contributed by atoms with Crippen molar-refractivity contribution in [3.63, 3.8) is 0 Å². The maximum Gasteiger partial charge on any atom is 0.326 e. The molecule has 1 amide bonds. The number of aliphatic carboxylic acids is 1. The summed E-state index contributed by atoms with van der Waals surface area (Å²) in [5.74, 6) is -0.309. The maximum atomic E-state index is 13.4. The number of hydrogen-bond donors (Lipinski definition) is 2. The average molecular weight is 562 g/mol. The van der Waals surface area contributed by atoms with Gasteiger partial charge in [0.25, 0.3) is 5.91 Å². The van der Waals surface area contributed by atoms with Crippen molar-refractivity contribution in [1.82, 2.24) is 5.32 Å². The molecule has 0 fully saturated rings. The van der Waals surface area contributed by atoms with Gasteiger partial charge in [-0.1, -0.05) is 88.2 Å². The molecule has 6 heteroatoms. The number of ether oxygens (including phenoxy) is 1. The Labute approximate surface area is 243 Å². The number of unbranched alkanes of at least 4 members (excludes halogenated alkanes) is 1. The number of aryl methyl sites for hydroxylation is 1. The lowest BCUT2D eigenvalue weighted by atomic mass is 9.93. The molecule has 0 saturated carbocycles. The van der Waals surface area contributed by atoms with E-state index in [1.807, 2.05) is 49.6 Å². The fraction of sp³-hybridized carbons (Fsp3) is 0.412. The molecule has 214 valence electrons. The minimum absolute atomic E-state index is 0.0173. The summed E-state index contributed by atoms with van der Waals surface area (Å²) in [5.41, 5.74) is 6.68. The summed E-state index contributed by atoms with van der Waals surface area (Å²) in [6.07, 6.45) is 5.38. The third-order valence-electron chi connectivity index (χ3n) is 7.20. The minimum atomic E-state index is -1.02. The van der Waals surface area contributed by atoms with Crippen molar-refractivity contribution in [2.24, 2.45) is 0 Å². The fourth-order valence-electron chi connectivity index (χ4n) is 4.76. The quantitative estimate of drug-likeness (QED) is 0.196. The predicted molar refractivity (Wildman–Crippen MR) is 166 cm³/mol. The second-order valence-electron chi connectivity index (χ2n) is 10.6. The molecule has 3 rings (SSSR count). The van der Waals surface area contributed by atoms with Crippen LogP contribution in [0.15, 0.2) is 66.7 Å². The molecule has 0 unspecified atom stereocenters. The Morgan fingerprint density at radius 1 is 0.950 bits per heavy atom. The van der Waals surface area contributed by atoms with E-state index in [1.54, 1.807) is 17.8 Å². The van der Waals surface area contributed by atoms with Gasteiger partial charge in [-0.3, -0.25) is 4.79 Å². The van der Waals surface area contributed by atoms with Crippen molar-refractivity contribution < 1.29 is 19.4 Å². The van der Waals surface area contributed by atoms with Gasteiger partial charge in [-0.25, -0.2) is 4.79 Å². The van der Waals surface area contributed by atoms with Crippen LogP contribution in [0, 0.1) is 6.92 Å². The number of carboxylic acid groups (broad SMARTS) is 1. The molecular weight excluding hydrogens is 518 g/mol. The van der Waals surface area contributed by atoms with E-state index in [-0.39, 0.29) is 12.0 Å². The van der Waals surface area contributed by atoms with E-state index in [0.717, 1.165) is 41.5 Å². The number of carbonyl (C=O) groups is 2. The number of benzene rings is 3. The Bertz CT molecular complexity index is 1270. The number of carboxylic acids is 1. The highest BCUT2D eigenvalue weighted by atomic mass is 32.2. The molecule has 0 heterocycles. The van der Waals surface area contributed by atoms with Gasteiger partial charge in [0.1, 0.15) is 6.04 Å². The summed E-state index contributed by atoms with van der Waals surface area (Å²) in [4.78, 5) is 25.2. The van der Waals surface area contributed by atoms with Crippen LogP contribution in [-0.2, 0) is 16.1 Å². The van der Waals surface area contributed by atoms with Gasteiger partial charge in [-0.2, -0.15) is 11.8 Å². The van der Waals surface area contributed by atoms with Crippen molar-refractivity contribution in [3.8, 4) is 11.1 Å². The average Bonchev–Trinajstić information content (AvgIpc) is 2.95. The van der Waals surface area contributed by atoms with Gasteiger partial charge in [-0.15, -0.1) is 0 Å². The zero-order chi connectivity index (χ0) is 29.1. The Hall–Kier alpha value is -3.09. The summed E-state index contributed by atoms with van der Waals surface area (Å²) in [7, 11) is 0. The molecule has 0 saturated heterocycles. The topological polar surface area (TPSA) is 75.6 Å². The van der Waals surface area contributed by atoms with Crippen molar-refractivity contribution in [2.45, 2.75) is 78.0 Å². The molecule has 0 spiro atoms. The van der Waals surface area contributed by atoms with Gasteiger partial charge in [0, 0.05) is 5.56 Å². The highest BCUT2D eigenvalue weighted by Gasteiger charge is 2.23. The molecule has 2 N–H and O–H groups in total. The van der Waals surface area contributed by atoms with Gasteiger partial charge >= 0.3 is 5.97 Å². The number of hydrogen-bond acceptors (Lipinski definition) is 4. The summed E-state index contributed by atoms with van der Waals surface area (Å²) >= 11 is 1.56. The standard InChI is InChI=1S/C34H43NO4S/c1-6-7-15-32(27-13-10-12-26(21-27)23(2)3)39-22-25-16-17-29(30(20-25)28-14-9-8-11-24(28)4)33(36)35-31(34(37)38)18-19-40-5/h8-14,16-17,20-21,23,31-32H,6-7,15,18-19,22H2,1-5H3,(H,35,36)(H,37,38)/t31-,32-/m0/s1. The highest BCUT2D eigenvalue weighted by molar-refractivity contribution is 7.98. The van der Waals surface area contributed by atoms with Crippen molar-refractivity contribution in [2.75, 3.05) is 12.0 Å². The SMILES string of the molecule is CCCC[C@H](OCc1ccc(C(=O)N[C@@H](CCSC)C(=O)O)c(-c2ccccc2C)c1)c1cccc(C(C)C)c1. The lowest BCUT2D eigenvalue weighted by Crippen LogP contribution is -2.41. The molecule has 3 aromatic carbocycles. The fourth-order valence-corrected chi connectivity index (χ4v) is 5.23. The van der Waals surface area contributed by atoms with Crippen molar-refractivity contribution in [1.29, 1.82) is 0 Å². The first-order valence-corrected chi connectivity index (χ1v) is 15.6. The van der Waals surface area contributed by atoms with Crippen molar-refractivity contribution >= 4 is 23.6 Å². The summed E-state index contributed by atoms with van der Waals surface area (Å²) in [5, 5.41) is 12.4. The van der Waals surface area contributed by atoms with Crippen LogP contribution < -0.4 is 5.32 Å². The first kappa shape index (κ1) is 31.4. The second-order valence-corrected chi connectivity index (χ2v) is 11.6. The summed E-state index contributed by atoms with van der Waals surface area (Å²) in [6, 6.07) is 21.4. The third-order valence-corrected chi connectivity index (χ3v) is 7.84. The maximum absolute atomic E-state index is 13.4. The zero-order valence-corrected chi connectivity index (χ0v) is 25.2. The first-order chi connectivity index (χ1) is 19.2. The van der Waals surface area contributed by atoms with Crippen LogP contribution in [0.5, 0.6) is 0 Å². The van der Waals surface area contributed by atoms with Gasteiger partial charge in [0.05, 0.1) is 12.7 Å². The largest absolute Gasteiger partial charge is 0.480 e. The number of nitrogens with one attached hydrogen (secondary N) is 1. The summed E-state index contributed by atoms with van der Waals surface area (Å²) in [6.45, 7) is 9.02. The predicted octanol–water partition coefficient (Wildman–Crippen LogP) is 8.17. The minimum Gasteiger partial charge on any atom is -0.480 e. The molecule has 0 aromatic heterocycles. The monoisotopic (exact) mass is 561 g/mol. The number of amides is 1. The van der Waals surface area contributed by atoms with E-state index in [2.05, 4.69) is 50.4 Å². The van der Waals surface area contributed by atoms with E-state index in [4.69, 9.17) is 4.74 Å². The first-order valence-electron chi connectivity index (χ1n) is 14.2. The Kier molecular flexibility index (Phi) is 12.3. The zero-order valence-electron chi connectivity index (χ0n) is 24.4. The van der Waals surface area contributed by atoms with Crippen LogP contribution in [0.3, 0.4) is 0 Å². The Morgan fingerprint density at radius 2 is 1.70 bits per heavy atom. The van der Waals surface area contributed by atoms with E-state index >= 15 is 0 Å². The second kappa shape index (κ2) is 15.6. The van der Waals surface area contributed by atoms with E-state index in [1.165, 1.54) is 11.1 Å². The molecule has 2 atom stereocenters. The molecule has 0 radical (unpaired) electrons. The smallest absolute Gasteiger partial charge is 0.326 e. The van der Waals surface area contributed by atoms with E-state index in [9.17, 15) is 14.7 Å². The molecule has 0 aliphatic rings. The van der Waals surface area contributed by atoms with Crippen LogP contribution in [-0.4, -0.2) is 35.0 Å². The molecule has 0 bridgehead atoms. The summed E-state index contributed by atoms with van der Waals surface area (Å²) < 4.78 is 6.53. The molecule has 0 aliphatic carbocycles. The lowest BCUT2D eigenvalue weighted by Gasteiger charge is -2.21. The van der Waals surface area contributed by atoms with Gasteiger partial charge in [0.2, 0.25) is 0 Å². The van der Waals surface area contributed by atoms with Crippen LogP contribution in [0.1, 0.15) is 91.1 Å². The Balaban J connectivity index is 1.91. The highest BCUT2D eigenvalue weighted by Crippen LogP contribution is 2.31. The van der Waals surface area contributed by atoms with Crippen LogP contribution >= 0.6 is 11.8 Å². The van der Waals surface area contributed by atoms with Crippen molar-refractivity contribution in [3.05, 3.63) is 94.5 Å². The molecule has 0 aliphatic heterocycles.